The summed E-state index contributed by atoms with van der Waals surface area (Å²) >= 11 is 0. The standard InChI is InChI=1S/C17H18N2O7.C17H19NO5.C17H18O4.C17H20O3.C13H10N2O8.C13H11NO6.C9H10O3/c1-10-5-13(18(20)21)11(7-15(10)24-2)6-12-8-16(25-3)17(26-4)9-14(12)19(22)23;1-11-7-14(18(19)20)13(10-16(11)22-3)8-12-5-6-15(21-2)17(9-12)23-4;1-11-5-6-12(9-15(11)20-3)17(18)13-7-8-14(19-2)16(10-13)21-4;1-12-5-6-13(10-16(12)19-3)9-14-7-8-15(18-2)17(11-14)20-4;16-10-2-6(8(14(20)21)4-12(10)18)1-7-3-11(17)13(19)5-9(7)15(22)23;15-10-2-1-7(4-11(10)16)3-8-5-12(17)13(18)6-9(8)14(19)20;1-6-3-4-7(9(10)11)5-8(6)12-2/h5,7-9H,6H2,1-4H3;5-7,9-10H,8H2,1-4H3;5-10H,1-4H3;5-8,10-11H,9H2,1-4H3;2-5,16-19H,1H2;1-2,4-6,15-18H,3H2;3-5H,1-2H3,(H,10,11). The predicted octanol–water partition coefficient (Wildman–Crippen LogP) is 19.4. The fourth-order valence-electron chi connectivity index (χ4n) is 14.3. The van der Waals surface area contributed by atoms with Crippen LogP contribution in [0.5, 0.6) is 121 Å². The third-order valence-electron chi connectivity index (χ3n) is 21.8. The maximum Gasteiger partial charge on any atom is 0.335 e. The number of carboxylic acid groups (broad SMARTS) is 1. The molecule has 0 aliphatic carbocycles. The van der Waals surface area contributed by atoms with Crippen molar-refractivity contribution in [1.29, 1.82) is 0 Å². The molecule has 145 heavy (non-hydrogen) atoms. The summed E-state index contributed by atoms with van der Waals surface area (Å²) in [7, 11) is 20.1. The fourth-order valence-corrected chi connectivity index (χ4v) is 14.3. The topological polar surface area (TPSA) is 595 Å². The number of hydrogen-bond acceptors (Lipinski definition) is 35. The quantitative estimate of drug-likeness (QED) is 0.00818. The van der Waals surface area contributed by atoms with Crippen LogP contribution in [0, 0.1) is 95.3 Å². The summed E-state index contributed by atoms with van der Waals surface area (Å²) in [4.78, 5) is 86.4. The van der Waals surface area contributed by atoms with E-state index in [1.54, 1.807) is 132 Å². The smallest absolute Gasteiger partial charge is 0.335 e. The molecule has 13 aromatic rings. The van der Waals surface area contributed by atoms with Crippen LogP contribution in [0.25, 0.3) is 0 Å². The second-order valence-electron chi connectivity index (χ2n) is 31.2. The number of ether oxygens (including phenoxy) is 13. The Morgan fingerprint density at radius 1 is 0.214 bits per heavy atom. The summed E-state index contributed by atoms with van der Waals surface area (Å²) in [5.41, 5.74) is 8.93. The average molecular weight is 2000 g/mol. The van der Waals surface area contributed by atoms with E-state index in [2.05, 4.69) is 18.2 Å². The van der Waals surface area contributed by atoms with E-state index >= 15 is 0 Å². The molecule has 9 N–H and O–H groups in total. The Morgan fingerprint density at radius 2 is 0.434 bits per heavy atom. The number of carboxylic acids is 1. The molecule has 0 unspecified atom stereocenters. The van der Waals surface area contributed by atoms with Gasteiger partial charge >= 0.3 is 5.97 Å². The summed E-state index contributed by atoms with van der Waals surface area (Å²) in [6.07, 6.45) is 0.861. The van der Waals surface area contributed by atoms with Gasteiger partial charge in [-0.25, -0.2) is 4.79 Å². The van der Waals surface area contributed by atoms with Gasteiger partial charge in [-0.3, -0.25) is 65.5 Å². The van der Waals surface area contributed by atoms with Crippen molar-refractivity contribution in [2.45, 2.75) is 66.7 Å². The van der Waals surface area contributed by atoms with Crippen LogP contribution in [0.3, 0.4) is 0 Å². The van der Waals surface area contributed by atoms with Gasteiger partial charge in [-0.05, 0) is 206 Å². The van der Waals surface area contributed by atoms with Crippen LogP contribution in [-0.2, 0) is 32.1 Å². The lowest BCUT2D eigenvalue weighted by Gasteiger charge is -2.12. The number of nitro benzene ring substituents is 6. The van der Waals surface area contributed by atoms with E-state index in [9.17, 15) is 111 Å². The summed E-state index contributed by atoms with van der Waals surface area (Å²) < 4.78 is 67.8. The number of hydrogen-bond donors (Lipinski definition) is 9. The third-order valence-corrected chi connectivity index (χ3v) is 21.8. The average Bonchev–Trinajstić information content (AvgIpc) is 0.800. The van der Waals surface area contributed by atoms with Crippen LogP contribution < -0.4 is 61.6 Å². The van der Waals surface area contributed by atoms with Crippen molar-refractivity contribution in [3.05, 3.63) is 361 Å². The lowest BCUT2D eigenvalue weighted by atomic mass is 9.99. The number of nitro groups is 6. The molecular formula is C103H106N6O36. The number of carbonyl (C=O) groups is 2. The Labute approximate surface area is 829 Å². The van der Waals surface area contributed by atoms with E-state index in [1.807, 2.05) is 57.2 Å². The van der Waals surface area contributed by atoms with Gasteiger partial charge in [0.1, 0.15) is 28.7 Å². The van der Waals surface area contributed by atoms with Crippen molar-refractivity contribution in [2.24, 2.45) is 0 Å². The molecule has 0 saturated carbocycles. The monoisotopic (exact) mass is 2000 g/mol. The van der Waals surface area contributed by atoms with E-state index < -0.39 is 76.5 Å². The first-order valence-corrected chi connectivity index (χ1v) is 42.8. The van der Waals surface area contributed by atoms with Crippen molar-refractivity contribution >= 4 is 45.9 Å². The molecule has 13 rings (SSSR count). The molecule has 0 fully saturated rings. The molecule has 42 nitrogen and oxygen atoms in total. The van der Waals surface area contributed by atoms with Crippen LogP contribution >= 0.6 is 0 Å². The lowest BCUT2D eigenvalue weighted by Crippen LogP contribution is -2.03. The highest BCUT2D eigenvalue weighted by atomic mass is 16.7. The minimum atomic E-state index is -0.937. The Balaban J connectivity index is 0.000000231. The second-order valence-corrected chi connectivity index (χ2v) is 31.2. The number of ketones is 1. The Bertz CT molecular complexity index is 6840. The molecule has 0 atom stereocenters. The number of phenolic OH excluding ortho intramolecular Hbond substituents is 8. The minimum Gasteiger partial charge on any atom is -0.504 e. The summed E-state index contributed by atoms with van der Waals surface area (Å²) in [6.45, 7) is 9.31. The van der Waals surface area contributed by atoms with Gasteiger partial charge in [0.15, 0.2) is 97.8 Å². The third kappa shape index (κ3) is 30.4. The summed E-state index contributed by atoms with van der Waals surface area (Å²) in [6, 6.07) is 51.1. The molecule has 0 heterocycles. The lowest BCUT2D eigenvalue weighted by molar-refractivity contribution is -0.386. The number of rotatable bonds is 32. The zero-order chi connectivity index (χ0) is 108. The van der Waals surface area contributed by atoms with Gasteiger partial charge in [0.05, 0.1) is 152 Å². The number of phenols is 8. The number of aromatic hydroxyl groups is 8. The van der Waals surface area contributed by atoms with Gasteiger partial charge < -0.3 is 108 Å². The molecule has 0 amide bonds. The maximum absolute atomic E-state index is 12.5. The van der Waals surface area contributed by atoms with E-state index in [0.29, 0.717) is 91.5 Å². The maximum atomic E-state index is 12.5. The highest BCUT2D eigenvalue weighted by Crippen LogP contribution is 2.44. The van der Waals surface area contributed by atoms with Gasteiger partial charge in [-0.15, -0.1) is 0 Å². The first-order chi connectivity index (χ1) is 68.8. The number of carbonyl (C=O) groups excluding carboxylic acids is 1. The summed E-state index contributed by atoms with van der Waals surface area (Å²) in [5.74, 6) is 2.29. The van der Waals surface area contributed by atoms with Crippen molar-refractivity contribution in [1.82, 2.24) is 0 Å². The van der Waals surface area contributed by atoms with Crippen LogP contribution in [0.2, 0.25) is 0 Å². The normalized spacial score (nSPS) is 10.2. The van der Waals surface area contributed by atoms with Crippen molar-refractivity contribution in [3.8, 4) is 121 Å². The Kier molecular flexibility index (Phi) is 41.2. The molecular weight excluding hydrogens is 1900 g/mol. The molecule has 0 bridgehead atoms. The van der Waals surface area contributed by atoms with Crippen LogP contribution in [0.4, 0.5) is 34.1 Å². The zero-order valence-corrected chi connectivity index (χ0v) is 81.8. The van der Waals surface area contributed by atoms with E-state index in [1.165, 1.54) is 94.2 Å². The molecule has 0 aromatic heterocycles. The van der Waals surface area contributed by atoms with Crippen LogP contribution in [0.15, 0.2) is 200 Å². The Hall–Kier alpha value is -18.8. The summed E-state index contributed by atoms with van der Waals surface area (Å²) in [5, 5.41) is 151. The molecule has 42 heteroatoms. The Morgan fingerprint density at radius 3 is 0.793 bits per heavy atom. The van der Waals surface area contributed by atoms with Gasteiger partial charge in [0.2, 0.25) is 0 Å². The van der Waals surface area contributed by atoms with Gasteiger partial charge in [0.25, 0.3) is 34.1 Å². The molecule has 0 radical (unpaired) electrons. The molecule has 0 aliphatic heterocycles. The first kappa shape index (κ1) is 113. The molecule has 764 valence electrons. The minimum absolute atomic E-state index is 0.0381. The van der Waals surface area contributed by atoms with E-state index in [4.69, 9.17) is 66.7 Å². The van der Waals surface area contributed by atoms with Gasteiger partial charge in [0, 0.05) is 82.3 Å². The van der Waals surface area contributed by atoms with Crippen LogP contribution in [-0.4, -0.2) is 180 Å². The van der Waals surface area contributed by atoms with Gasteiger partial charge in [-0.1, -0.05) is 48.5 Å². The van der Waals surface area contributed by atoms with E-state index in [-0.39, 0.29) is 97.8 Å². The second kappa shape index (κ2) is 52.8. The van der Waals surface area contributed by atoms with Crippen LogP contribution in [0.1, 0.15) is 110 Å². The number of aromatic carboxylic acids is 1. The zero-order valence-electron chi connectivity index (χ0n) is 81.8. The number of benzene rings is 13. The van der Waals surface area contributed by atoms with Crippen molar-refractivity contribution in [3.63, 3.8) is 0 Å². The molecule has 0 aliphatic rings. The number of nitrogens with zero attached hydrogens (tertiary/aromatic N) is 6. The molecule has 0 saturated heterocycles. The van der Waals surface area contributed by atoms with Crippen molar-refractivity contribution < 1.29 is 147 Å². The van der Waals surface area contributed by atoms with E-state index in [0.717, 1.165) is 87.9 Å². The molecule has 13 aromatic carbocycles. The highest BCUT2D eigenvalue weighted by molar-refractivity contribution is 6.09. The fraction of sp³-hybridized carbons (Fsp3) is 0.223. The van der Waals surface area contributed by atoms with Gasteiger partial charge in [-0.2, -0.15) is 0 Å². The first-order valence-electron chi connectivity index (χ1n) is 42.8. The predicted molar refractivity (Wildman–Crippen MR) is 530 cm³/mol. The number of methoxy groups -OCH3 is 13. The largest absolute Gasteiger partial charge is 0.504 e. The SMILES string of the molecule is COc1cc(C(=O)O)ccc1C.COc1cc(C(=O)c2ccc(OC)c(OC)c2)ccc1C.COc1cc(Cc2cc(OC)c(OC)cc2[N+](=O)[O-])c([N+](=O)[O-])cc1C.COc1cc(Cc2ccc(OC)c(OC)c2)c([N+](=O)[O-])cc1C.COc1cc(Cc2ccc(OC)c(OC)c2)ccc1C.O=[N+]([O-])c1cc(O)c(O)cc1Cc1cc(O)c(O)cc1[N+](=O)[O-].O=[N+]([O-])c1cc(O)c(O)cc1Cc1ccc(O)c(O)c1. The highest BCUT2D eigenvalue weighted by Gasteiger charge is 2.29. The van der Waals surface area contributed by atoms with Crippen molar-refractivity contribution in [2.75, 3.05) is 92.4 Å². The molecule has 0 spiro atoms. The number of aryl methyl sites for hydroxylation is 5.